The average Bonchev–Trinajstić information content (AvgIpc) is 3.49. The number of para-hydroxylation sites is 2. The number of aliphatic hydroxyl groups is 1. The van der Waals surface area contributed by atoms with E-state index in [4.69, 9.17) is 4.42 Å². The van der Waals surface area contributed by atoms with Gasteiger partial charge in [0.05, 0.1) is 16.8 Å². The van der Waals surface area contributed by atoms with Crippen LogP contribution in [0.15, 0.2) is 100 Å². The van der Waals surface area contributed by atoms with E-state index in [1.807, 2.05) is 84.9 Å². The molecule has 0 spiro atoms. The molecule has 5 aromatic rings. The van der Waals surface area contributed by atoms with Gasteiger partial charge >= 0.3 is 0 Å². The van der Waals surface area contributed by atoms with Crippen LogP contribution in [0, 0.1) is 11.3 Å². The molecule has 3 aromatic carbocycles. The van der Waals surface area contributed by atoms with Crippen LogP contribution in [-0.2, 0) is 0 Å². The summed E-state index contributed by atoms with van der Waals surface area (Å²) in [6.07, 6.45) is 0. The third-order valence-corrected chi connectivity index (χ3v) is 5.89. The summed E-state index contributed by atoms with van der Waals surface area (Å²) in [7, 11) is 0. The van der Waals surface area contributed by atoms with Crippen molar-refractivity contribution in [1.29, 1.82) is 5.26 Å². The Hall–Kier alpha value is -4.28. The number of fused-ring (bicyclic) bond motifs is 1. The van der Waals surface area contributed by atoms with E-state index in [2.05, 4.69) is 21.0 Å². The molecule has 0 radical (unpaired) electrons. The van der Waals surface area contributed by atoms with Crippen molar-refractivity contribution >= 4 is 28.4 Å². The first-order valence-electron chi connectivity index (χ1n) is 10.2. The molecule has 0 saturated carbocycles. The van der Waals surface area contributed by atoms with E-state index < -0.39 is 0 Å². The zero-order valence-electron chi connectivity index (χ0n) is 17.4. The number of H-pyrrole nitrogens is 1. The van der Waals surface area contributed by atoms with E-state index in [1.165, 1.54) is 11.8 Å². The molecule has 160 valence electrons. The standard InChI is InChI=1S/C26H18N4O2S/c27-15-19(25-28-20-13-7-8-14-21(20)29-25)22(31)16-33-26-30-23(17-9-3-1-4-10-17)24(32-26)18-11-5-2-6-12-18/h1-14,31H,16H2,(H,28,29)/b22-19-. The van der Waals surface area contributed by atoms with E-state index >= 15 is 0 Å². The topological polar surface area (TPSA) is 98.7 Å². The van der Waals surface area contributed by atoms with Crippen LogP contribution in [0.1, 0.15) is 5.82 Å². The fourth-order valence-corrected chi connectivity index (χ4v) is 4.17. The zero-order chi connectivity index (χ0) is 22.6. The highest BCUT2D eigenvalue weighted by Gasteiger charge is 2.19. The van der Waals surface area contributed by atoms with E-state index in [0.29, 0.717) is 16.8 Å². The number of aromatic nitrogens is 3. The van der Waals surface area contributed by atoms with Crippen molar-refractivity contribution in [3.05, 3.63) is 96.5 Å². The second kappa shape index (κ2) is 9.07. The average molecular weight is 451 g/mol. The predicted octanol–water partition coefficient (Wildman–Crippen LogP) is 6.47. The van der Waals surface area contributed by atoms with Crippen LogP contribution < -0.4 is 0 Å². The molecule has 2 heterocycles. The minimum absolute atomic E-state index is 0.0943. The molecular formula is C26H18N4O2S. The lowest BCUT2D eigenvalue weighted by Gasteiger charge is -2.01. The fraction of sp³-hybridized carbons (Fsp3) is 0.0385. The Bertz CT molecular complexity index is 1390. The van der Waals surface area contributed by atoms with Crippen molar-refractivity contribution < 1.29 is 9.52 Å². The van der Waals surface area contributed by atoms with Gasteiger partial charge in [0, 0.05) is 11.1 Å². The van der Waals surface area contributed by atoms with Gasteiger partial charge in [0.15, 0.2) is 11.6 Å². The van der Waals surface area contributed by atoms with Gasteiger partial charge in [-0.1, -0.05) is 84.6 Å². The van der Waals surface area contributed by atoms with Crippen molar-refractivity contribution in [3.8, 4) is 28.7 Å². The molecule has 0 atom stereocenters. The Morgan fingerprint density at radius 2 is 1.58 bits per heavy atom. The lowest BCUT2D eigenvalue weighted by molar-refractivity contribution is 0.418. The predicted molar refractivity (Wildman–Crippen MR) is 129 cm³/mol. The van der Waals surface area contributed by atoms with Gasteiger partial charge < -0.3 is 14.5 Å². The Balaban J connectivity index is 1.45. The lowest BCUT2D eigenvalue weighted by atomic mass is 10.1. The molecule has 2 N–H and O–H groups in total. The summed E-state index contributed by atoms with van der Waals surface area (Å²) in [5.41, 5.74) is 4.20. The van der Waals surface area contributed by atoms with Crippen LogP contribution in [0.5, 0.6) is 0 Å². The van der Waals surface area contributed by atoms with Crippen molar-refractivity contribution in [3.63, 3.8) is 0 Å². The maximum atomic E-state index is 10.7. The number of rotatable bonds is 6. The van der Waals surface area contributed by atoms with Crippen LogP contribution >= 0.6 is 11.8 Å². The van der Waals surface area contributed by atoms with Gasteiger partial charge in [0.2, 0.25) is 0 Å². The third-order valence-electron chi connectivity index (χ3n) is 5.05. The highest BCUT2D eigenvalue weighted by atomic mass is 32.2. The molecule has 0 unspecified atom stereocenters. The third kappa shape index (κ3) is 4.25. The van der Waals surface area contributed by atoms with E-state index in [9.17, 15) is 10.4 Å². The molecule has 0 saturated heterocycles. The van der Waals surface area contributed by atoms with Crippen LogP contribution in [0.4, 0.5) is 0 Å². The normalized spacial score (nSPS) is 11.8. The molecule has 0 aliphatic rings. The number of oxazole rings is 1. The highest BCUT2D eigenvalue weighted by Crippen LogP contribution is 2.36. The fourth-order valence-electron chi connectivity index (χ4n) is 3.47. The monoisotopic (exact) mass is 450 g/mol. The highest BCUT2D eigenvalue weighted by molar-refractivity contribution is 7.99. The Morgan fingerprint density at radius 1 is 0.909 bits per heavy atom. The van der Waals surface area contributed by atoms with Crippen molar-refractivity contribution in [2.45, 2.75) is 5.22 Å². The maximum absolute atomic E-state index is 10.7. The Morgan fingerprint density at radius 3 is 2.27 bits per heavy atom. The van der Waals surface area contributed by atoms with Gasteiger partial charge in [-0.25, -0.2) is 9.97 Å². The molecule has 2 aromatic heterocycles. The first-order chi connectivity index (χ1) is 16.2. The molecule has 33 heavy (non-hydrogen) atoms. The Kier molecular flexibility index (Phi) is 5.66. The summed E-state index contributed by atoms with van der Waals surface area (Å²) in [5.74, 6) is 1.01. The molecule has 0 amide bonds. The summed E-state index contributed by atoms with van der Waals surface area (Å²) in [6, 6.07) is 29.1. The van der Waals surface area contributed by atoms with Crippen LogP contribution in [0.2, 0.25) is 0 Å². The summed E-state index contributed by atoms with van der Waals surface area (Å²) in [6.45, 7) is 0. The van der Waals surface area contributed by atoms with Crippen LogP contribution in [0.3, 0.4) is 0 Å². The second-order valence-corrected chi connectivity index (χ2v) is 8.14. The summed E-state index contributed by atoms with van der Waals surface area (Å²) in [5, 5.41) is 20.7. The van der Waals surface area contributed by atoms with Gasteiger partial charge in [0.25, 0.3) is 5.22 Å². The van der Waals surface area contributed by atoms with Gasteiger partial charge in [0.1, 0.15) is 23.1 Å². The number of benzene rings is 3. The van der Waals surface area contributed by atoms with Crippen LogP contribution in [-0.4, -0.2) is 25.8 Å². The van der Waals surface area contributed by atoms with Gasteiger partial charge in [-0.15, -0.1) is 0 Å². The molecule has 5 rings (SSSR count). The number of thioether (sulfide) groups is 1. The largest absolute Gasteiger partial charge is 0.510 e. The minimum Gasteiger partial charge on any atom is -0.510 e. The number of aromatic amines is 1. The number of nitriles is 1. The first-order valence-corrected chi connectivity index (χ1v) is 11.2. The first kappa shape index (κ1) is 20.6. The van der Waals surface area contributed by atoms with Crippen molar-refractivity contribution in [1.82, 2.24) is 15.0 Å². The summed E-state index contributed by atoms with van der Waals surface area (Å²) >= 11 is 1.22. The zero-order valence-corrected chi connectivity index (χ0v) is 18.2. The SMILES string of the molecule is N#C/C(=C(/O)CSc1nc(-c2ccccc2)c(-c2ccccc2)o1)c1nc2ccccc2[nH]1. The van der Waals surface area contributed by atoms with Gasteiger partial charge in [-0.2, -0.15) is 5.26 Å². The molecule has 0 aliphatic carbocycles. The number of hydrogen-bond donors (Lipinski definition) is 2. The number of imidazole rings is 1. The smallest absolute Gasteiger partial charge is 0.257 e. The maximum Gasteiger partial charge on any atom is 0.257 e. The van der Waals surface area contributed by atoms with Crippen molar-refractivity contribution in [2.75, 3.05) is 5.75 Å². The number of nitrogens with one attached hydrogen (secondary N) is 1. The van der Waals surface area contributed by atoms with E-state index in [1.54, 1.807) is 0 Å². The number of aliphatic hydroxyl groups excluding tert-OH is 1. The second-order valence-electron chi connectivity index (χ2n) is 7.21. The van der Waals surface area contributed by atoms with Crippen LogP contribution in [0.25, 0.3) is 39.2 Å². The van der Waals surface area contributed by atoms with Gasteiger partial charge in [-0.3, -0.25) is 0 Å². The molecular weight excluding hydrogens is 432 g/mol. The summed E-state index contributed by atoms with van der Waals surface area (Å²) < 4.78 is 6.08. The quantitative estimate of drug-likeness (QED) is 0.175. The molecule has 0 fully saturated rings. The molecule has 0 bridgehead atoms. The number of nitrogens with zero attached hydrogens (tertiary/aromatic N) is 3. The molecule has 6 nitrogen and oxygen atoms in total. The van der Waals surface area contributed by atoms with E-state index in [0.717, 1.165) is 27.9 Å². The molecule has 7 heteroatoms. The molecule has 0 aliphatic heterocycles. The lowest BCUT2D eigenvalue weighted by Crippen LogP contribution is -1.95. The van der Waals surface area contributed by atoms with E-state index in [-0.39, 0.29) is 17.1 Å². The summed E-state index contributed by atoms with van der Waals surface area (Å²) in [4.78, 5) is 12.2. The number of hydrogen-bond acceptors (Lipinski definition) is 6. The number of allylic oxidation sites excluding steroid dienone is 1. The minimum atomic E-state index is -0.0951. The van der Waals surface area contributed by atoms with Gasteiger partial charge in [-0.05, 0) is 12.1 Å². The van der Waals surface area contributed by atoms with Crippen molar-refractivity contribution in [2.24, 2.45) is 0 Å². The Labute approximate surface area is 194 Å².